The van der Waals surface area contributed by atoms with Crippen molar-refractivity contribution in [3.8, 4) is 0 Å². The number of aliphatic carboxylic acids is 1. The lowest BCUT2D eigenvalue weighted by molar-refractivity contribution is -0.143. The molecule has 16 heavy (non-hydrogen) atoms. The third kappa shape index (κ3) is 2.11. The molecule has 2 fully saturated rings. The molecule has 0 spiro atoms. The third-order valence-electron chi connectivity index (χ3n) is 3.40. The Kier molecular flexibility index (Phi) is 2.75. The molecule has 1 saturated heterocycles. The number of carboxylic acid groups (broad SMARTS) is 1. The monoisotopic (exact) mass is 227 g/mol. The summed E-state index contributed by atoms with van der Waals surface area (Å²) in [6, 6.07) is -0.138. The van der Waals surface area contributed by atoms with Gasteiger partial charge in [0.25, 0.3) is 0 Å². The van der Waals surface area contributed by atoms with E-state index in [-0.39, 0.29) is 18.6 Å². The van der Waals surface area contributed by atoms with Gasteiger partial charge in [-0.25, -0.2) is 4.79 Å². The van der Waals surface area contributed by atoms with Crippen molar-refractivity contribution in [3.05, 3.63) is 0 Å². The fourth-order valence-electron chi connectivity index (χ4n) is 1.95. The van der Waals surface area contributed by atoms with E-state index in [0.29, 0.717) is 25.9 Å². The number of nitrogens with two attached hydrogens (primary N) is 1. The maximum Gasteiger partial charge on any atom is 0.317 e. The predicted octanol–water partition coefficient (Wildman–Crippen LogP) is -0.406. The molecule has 4 N–H and O–H groups in total. The zero-order valence-electron chi connectivity index (χ0n) is 9.11. The summed E-state index contributed by atoms with van der Waals surface area (Å²) in [5.74, 6) is -0.814. The molecule has 2 rings (SSSR count). The summed E-state index contributed by atoms with van der Waals surface area (Å²) in [5.41, 5.74) is 4.99. The van der Waals surface area contributed by atoms with E-state index in [1.807, 2.05) is 0 Å². The molecule has 0 aromatic heterocycles. The zero-order chi connectivity index (χ0) is 11.8. The normalized spacial score (nSPS) is 26.6. The van der Waals surface area contributed by atoms with Gasteiger partial charge in [0.1, 0.15) is 0 Å². The van der Waals surface area contributed by atoms with Gasteiger partial charge in [0.15, 0.2) is 0 Å². The van der Waals surface area contributed by atoms with Gasteiger partial charge in [-0.3, -0.25) is 4.79 Å². The van der Waals surface area contributed by atoms with Gasteiger partial charge >= 0.3 is 12.0 Å². The van der Waals surface area contributed by atoms with E-state index < -0.39 is 11.4 Å². The summed E-state index contributed by atoms with van der Waals surface area (Å²) < 4.78 is 0. The summed E-state index contributed by atoms with van der Waals surface area (Å²) in [6.07, 6.45) is 2.13. The fourth-order valence-corrected chi connectivity index (χ4v) is 1.95. The second-order valence-corrected chi connectivity index (χ2v) is 4.74. The van der Waals surface area contributed by atoms with E-state index in [4.69, 9.17) is 10.8 Å². The molecule has 0 aromatic rings. The SMILES string of the molecule is NC1CCN(C(=O)NCC2(C(=O)O)CC2)C1. The molecule has 1 atom stereocenters. The quantitative estimate of drug-likeness (QED) is 0.611. The van der Waals surface area contributed by atoms with Gasteiger partial charge in [-0.1, -0.05) is 0 Å². The van der Waals surface area contributed by atoms with Crippen LogP contribution in [0.5, 0.6) is 0 Å². The first-order chi connectivity index (χ1) is 7.53. The van der Waals surface area contributed by atoms with Crippen LogP contribution in [0, 0.1) is 5.41 Å². The Hall–Kier alpha value is -1.30. The maximum absolute atomic E-state index is 11.7. The first-order valence-electron chi connectivity index (χ1n) is 5.55. The Balaban J connectivity index is 1.78. The number of carboxylic acids is 1. The van der Waals surface area contributed by atoms with Gasteiger partial charge in [-0.15, -0.1) is 0 Å². The van der Waals surface area contributed by atoms with Crippen molar-refractivity contribution in [2.75, 3.05) is 19.6 Å². The Morgan fingerprint density at radius 1 is 1.50 bits per heavy atom. The average molecular weight is 227 g/mol. The largest absolute Gasteiger partial charge is 0.481 e. The highest BCUT2D eigenvalue weighted by Crippen LogP contribution is 2.45. The topological polar surface area (TPSA) is 95.7 Å². The summed E-state index contributed by atoms with van der Waals surface area (Å²) >= 11 is 0. The molecule has 2 aliphatic rings. The summed E-state index contributed by atoms with van der Waals surface area (Å²) in [4.78, 5) is 24.2. The highest BCUT2D eigenvalue weighted by atomic mass is 16.4. The van der Waals surface area contributed by atoms with Crippen molar-refractivity contribution in [2.45, 2.75) is 25.3 Å². The van der Waals surface area contributed by atoms with Crippen molar-refractivity contribution in [1.29, 1.82) is 0 Å². The first kappa shape index (κ1) is 11.2. The third-order valence-corrected chi connectivity index (χ3v) is 3.40. The second kappa shape index (κ2) is 3.93. The molecule has 1 aliphatic carbocycles. The summed E-state index contributed by atoms with van der Waals surface area (Å²) in [5, 5.41) is 11.6. The van der Waals surface area contributed by atoms with Crippen LogP contribution in [0.3, 0.4) is 0 Å². The minimum atomic E-state index is -0.814. The molecular formula is C10H17N3O3. The summed E-state index contributed by atoms with van der Waals surface area (Å²) in [6.45, 7) is 1.45. The minimum absolute atomic E-state index is 0.0557. The van der Waals surface area contributed by atoms with Gasteiger partial charge in [-0.2, -0.15) is 0 Å². The van der Waals surface area contributed by atoms with E-state index in [1.165, 1.54) is 0 Å². The Morgan fingerprint density at radius 2 is 2.19 bits per heavy atom. The van der Waals surface area contributed by atoms with Gasteiger partial charge < -0.3 is 21.1 Å². The number of likely N-dealkylation sites (tertiary alicyclic amines) is 1. The molecule has 2 amide bonds. The number of amides is 2. The number of carbonyl (C=O) groups is 2. The minimum Gasteiger partial charge on any atom is -0.481 e. The maximum atomic E-state index is 11.7. The number of nitrogens with one attached hydrogen (secondary N) is 1. The van der Waals surface area contributed by atoms with Gasteiger partial charge in [-0.05, 0) is 19.3 Å². The molecule has 6 nitrogen and oxygen atoms in total. The molecule has 0 aromatic carbocycles. The standard InChI is InChI=1S/C10H17N3O3/c11-7-1-4-13(5-7)9(16)12-6-10(2-3-10)8(14)15/h7H,1-6,11H2,(H,12,16)(H,14,15). The molecule has 1 aliphatic heterocycles. The number of rotatable bonds is 3. The van der Waals surface area contributed by atoms with E-state index in [9.17, 15) is 9.59 Å². The van der Waals surface area contributed by atoms with Crippen LogP contribution in [0.15, 0.2) is 0 Å². The van der Waals surface area contributed by atoms with E-state index in [1.54, 1.807) is 4.90 Å². The number of hydrogen-bond acceptors (Lipinski definition) is 3. The Labute approximate surface area is 93.8 Å². The average Bonchev–Trinajstić information content (AvgIpc) is 2.92. The lowest BCUT2D eigenvalue weighted by atomic mass is 10.1. The summed E-state index contributed by atoms with van der Waals surface area (Å²) in [7, 11) is 0. The zero-order valence-corrected chi connectivity index (χ0v) is 9.11. The van der Waals surface area contributed by atoms with Crippen molar-refractivity contribution in [3.63, 3.8) is 0 Å². The predicted molar refractivity (Wildman–Crippen MR) is 56.9 cm³/mol. The smallest absolute Gasteiger partial charge is 0.317 e. The molecular weight excluding hydrogens is 210 g/mol. The lowest BCUT2D eigenvalue weighted by Crippen LogP contribution is -2.43. The first-order valence-corrected chi connectivity index (χ1v) is 5.55. The van der Waals surface area contributed by atoms with Crippen LogP contribution in [-0.2, 0) is 4.79 Å². The molecule has 0 bridgehead atoms. The van der Waals surface area contributed by atoms with Gasteiger partial charge in [0, 0.05) is 25.7 Å². The van der Waals surface area contributed by atoms with Crippen LogP contribution in [0.25, 0.3) is 0 Å². The Morgan fingerprint density at radius 3 is 2.62 bits per heavy atom. The Bertz CT molecular complexity index is 314. The number of urea groups is 1. The molecule has 1 saturated carbocycles. The molecule has 1 heterocycles. The lowest BCUT2D eigenvalue weighted by Gasteiger charge is -2.18. The van der Waals surface area contributed by atoms with Gasteiger partial charge in [0.05, 0.1) is 5.41 Å². The van der Waals surface area contributed by atoms with Crippen LogP contribution >= 0.6 is 0 Å². The fraction of sp³-hybridized carbons (Fsp3) is 0.800. The van der Waals surface area contributed by atoms with E-state index in [0.717, 1.165) is 6.42 Å². The van der Waals surface area contributed by atoms with Gasteiger partial charge in [0.2, 0.25) is 0 Å². The second-order valence-electron chi connectivity index (χ2n) is 4.74. The number of nitrogens with zero attached hydrogens (tertiary/aromatic N) is 1. The van der Waals surface area contributed by atoms with Crippen LogP contribution in [0.4, 0.5) is 4.79 Å². The van der Waals surface area contributed by atoms with Crippen molar-refractivity contribution in [2.24, 2.45) is 11.1 Å². The van der Waals surface area contributed by atoms with Crippen molar-refractivity contribution in [1.82, 2.24) is 10.2 Å². The van der Waals surface area contributed by atoms with E-state index in [2.05, 4.69) is 5.32 Å². The number of hydrogen-bond donors (Lipinski definition) is 3. The highest BCUT2D eigenvalue weighted by Gasteiger charge is 2.50. The molecule has 90 valence electrons. The molecule has 6 heteroatoms. The molecule has 0 radical (unpaired) electrons. The van der Waals surface area contributed by atoms with Crippen molar-refractivity contribution >= 4 is 12.0 Å². The molecule has 1 unspecified atom stereocenters. The van der Waals surface area contributed by atoms with E-state index >= 15 is 0 Å². The van der Waals surface area contributed by atoms with Crippen LogP contribution in [-0.4, -0.2) is 47.7 Å². The van der Waals surface area contributed by atoms with Crippen LogP contribution in [0.2, 0.25) is 0 Å². The van der Waals surface area contributed by atoms with Crippen LogP contribution in [0.1, 0.15) is 19.3 Å². The van der Waals surface area contributed by atoms with Crippen LogP contribution < -0.4 is 11.1 Å². The number of carbonyl (C=O) groups excluding carboxylic acids is 1. The highest BCUT2D eigenvalue weighted by molar-refractivity contribution is 5.80. The van der Waals surface area contributed by atoms with Crippen molar-refractivity contribution < 1.29 is 14.7 Å².